The minimum atomic E-state index is -4.81. The summed E-state index contributed by atoms with van der Waals surface area (Å²) in [5, 5.41) is 2.20. The molecular formula is C26H26ClF3N2O3S. The number of carbonyl (C=O) groups excluding carboxylic acids is 1. The molecule has 10 heteroatoms. The van der Waals surface area contributed by atoms with E-state index >= 15 is 0 Å². The molecule has 3 aromatic carbocycles. The van der Waals surface area contributed by atoms with Gasteiger partial charge in [-0.15, -0.1) is 0 Å². The molecule has 0 fully saturated rings. The summed E-state index contributed by atoms with van der Waals surface area (Å²) in [6.07, 6.45) is -3.56. The van der Waals surface area contributed by atoms with E-state index in [4.69, 9.17) is 11.6 Å². The minimum absolute atomic E-state index is 0.160. The molecule has 0 saturated heterocycles. The molecule has 0 unspecified atom stereocenters. The smallest absolute Gasteiger partial charge is 0.324 e. The molecule has 0 spiro atoms. The van der Waals surface area contributed by atoms with Gasteiger partial charge in [0.2, 0.25) is 5.91 Å². The molecule has 36 heavy (non-hydrogen) atoms. The van der Waals surface area contributed by atoms with Gasteiger partial charge in [-0.1, -0.05) is 61.3 Å². The minimum Gasteiger partial charge on any atom is -0.324 e. The van der Waals surface area contributed by atoms with E-state index in [0.29, 0.717) is 28.9 Å². The van der Waals surface area contributed by atoms with Crippen molar-refractivity contribution >= 4 is 38.9 Å². The highest BCUT2D eigenvalue weighted by molar-refractivity contribution is 7.92. The van der Waals surface area contributed by atoms with E-state index in [1.54, 1.807) is 19.1 Å². The first-order valence-corrected chi connectivity index (χ1v) is 13.1. The van der Waals surface area contributed by atoms with Crippen molar-refractivity contribution in [1.29, 1.82) is 0 Å². The van der Waals surface area contributed by atoms with Crippen LogP contribution in [0.5, 0.6) is 0 Å². The lowest BCUT2D eigenvalue weighted by molar-refractivity contribution is -0.137. The molecule has 0 aliphatic carbocycles. The number of hydrogen-bond acceptors (Lipinski definition) is 3. The predicted molar refractivity (Wildman–Crippen MR) is 136 cm³/mol. The molecule has 1 N–H and O–H groups in total. The Balaban J connectivity index is 2.08. The van der Waals surface area contributed by atoms with Gasteiger partial charge in [-0.05, 0) is 61.2 Å². The van der Waals surface area contributed by atoms with Gasteiger partial charge in [-0.25, -0.2) is 8.42 Å². The monoisotopic (exact) mass is 538 g/mol. The van der Waals surface area contributed by atoms with Gasteiger partial charge in [-0.2, -0.15) is 13.2 Å². The van der Waals surface area contributed by atoms with Crippen LogP contribution in [0.4, 0.5) is 24.5 Å². The van der Waals surface area contributed by atoms with Crippen LogP contribution in [-0.4, -0.2) is 20.9 Å². The fourth-order valence-corrected chi connectivity index (χ4v) is 5.39. The number of halogens is 4. The Morgan fingerprint density at radius 3 is 2.08 bits per heavy atom. The van der Waals surface area contributed by atoms with Crippen LogP contribution in [0.1, 0.15) is 36.1 Å². The zero-order valence-corrected chi connectivity index (χ0v) is 21.6. The van der Waals surface area contributed by atoms with Crippen molar-refractivity contribution < 1.29 is 26.4 Å². The van der Waals surface area contributed by atoms with Crippen LogP contribution in [0.15, 0.2) is 65.6 Å². The SMILES string of the molecule is CCc1cccc(CC)c1NC(=O)CN(c1ccc(Cl)c(C(F)(F)F)c1)S(=O)(=O)c1ccc(C)cc1. The molecule has 3 rings (SSSR count). The van der Waals surface area contributed by atoms with Gasteiger partial charge in [0.25, 0.3) is 10.0 Å². The fourth-order valence-electron chi connectivity index (χ4n) is 3.75. The lowest BCUT2D eigenvalue weighted by Gasteiger charge is -2.26. The lowest BCUT2D eigenvalue weighted by Crippen LogP contribution is -2.38. The average Bonchev–Trinajstić information content (AvgIpc) is 2.82. The van der Waals surface area contributed by atoms with E-state index in [1.165, 1.54) is 12.1 Å². The lowest BCUT2D eigenvalue weighted by atomic mass is 10.0. The summed E-state index contributed by atoms with van der Waals surface area (Å²) in [4.78, 5) is 13.0. The van der Waals surface area contributed by atoms with E-state index in [1.807, 2.05) is 32.0 Å². The normalized spacial score (nSPS) is 11.9. The van der Waals surface area contributed by atoms with Crippen LogP contribution >= 0.6 is 11.6 Å². The first-order valence-electron chi connectivity index (χ1n) is 11.2. The van der Waals surface area contributed by atoms with Crippen LogP contribution < -0.4 is 9.62 Å². The molecule has 5 nitrogen and oxygen atoms in total. The Morgan fingerprint density at radius 2 is 1.56 bits per heavy atom. The van der Waals surface area contributed by atoms with Crippen molar-refractivity contribution in [1.82, 2.24) is 0 Å². The maximum absolute atomic E-state index is 13.6. The zero-order chi connectivity index (χ0) is 26.7. The highest BCUT2D eigenvalue weighted by Gasteiger charge is 2.35. The summed E-state index contributed by atoms with van der Waals surface area (Å²) in [7, 11) is -4.40. The van der Waals surface area contributed by atoms with Gasteiger partial charge in [0.1, 0.15) is 6.54 Å². The number of anilines is 2. The van der Waals surface area contributed by atoms with Gasteiger partial charge in [0, 0.05) is 5.69 Å². The number of alkyl halides is 3. The first kappa shape index (κ1) is 27.5. The predicted octanol–water partition coefficient (Wildman–Crippen LogP) is 6.63. The maximum Gasteiger partial charge on any atom is 0.417 e. The van der Waals surface area contributed by atoms with Gasteiger partial charge in [-0.3, -0.25) is 9.10 Å². The standard InChI is InChI=1S/C26H26ClF3N2O3S/c1-4-18-7-6-8-19(5-2)25(18)31-24(33)16-32(36(34,35)21-12-9-17(3)10-13-21)20-11-14-23(27)22(15-20)26(28,29)30/h6-15H,4-5,16H2,1-3H3,(H,31,33). The second kappa shape index (κ2) is 10.9. The number of aryl methyl sites for hydroxylation is 3. The highest BCUT2D eigenvalue weighted by Crippen LogP contribution is 2.38. The second-order valence-electron chi connectivity index (χ2n) is 8.19. The third kappa shape index (κ3) is 6.02. The topological polar surface area (TPSA) is 66.5 Å². The molecule has 192 valence electrons. The van der Waals surface area contributed by atoms with Crippen LogP contribution in [0.25, 0.3) is 0 Å². The van der Waals surface area contributed by atoms with Gasteiger partial charge < -0.3 is 5.32 Å². The largest absolute Gasteiger partial charge is 0.417 e. The Morgan fingerprint density at radius 1 is 0.972 bits per heavy atom. The van der Waals surface area contributed by atoms with E-state index in [2.05, 4.69) is 5.32 Å². The molecule has 0 aliphatic rings. The number of benzene rings is 3. The van der Waals surface area contributed by atoms with Crippen LogP contribution in [0, 0.1) is 6.92 Å². The number of nitrogens with one attached hydrogen (secondary N) is 1. The second-order valence-corrected chi connectivity index (χ2v) is 10.5. The molecule has 1 amide bonds. The van der Waals surface area contributed by atoms with Gasteiger partial charge in [0.15, 0.2) is 0 Å². The number of hydrogen-bond donors (Lipinski definition) is 1. The number of sulfonamides is 1. The van der Waals surface area contributed by atoms with Crippen molar-refractivity contribution in [2.75, 3.05) is 16.2 Å². The van der Waals surface area contributed by atoms with Crippen LogP contribution in [0.2, 0.25) is 5.02 Å². The summed E-state index contributed by atoms with van der Waals surface area (Å²) in [5.74, 6) is -0.690. The van der Waals surface area contributed by atoms with Crippen LogP contribution in [-0.2, 0) is 33.8 Å². The van der Waals surface area contributed by atoms with Crippen LogP contribution in [0.3, 0.4) is 0 Å². The Kier molecular flexibility index (Phi) is 8.36. The van der Waals surface area contributed by atoms with Crippen molar-refractivity contribution in [3.63, 3.8) is 0 Å². The average molecular weight is 539 g/mol. The molecule has 0 atom stereocenters. The van der Waals surface area contributed by atoms with E-state index in [-0.39, 0.29) is 10.6 Å². The number of carbonyl (C=O) groups is 1. The molecule has 0 radical (unpaired) electrons. The molecule has 0 heterocycles. The number of amides is 1. The summed E-state index contributed by atoms with van der Waals surface area (Å²) >= 11 is 5.75. The number of para-hydroxylation sites is 1. The summed E-state index contributed by atoms with van der Waals surface area (Å²) in [6, 6.07) is 14.2. The van der Waals surface area contributed by atoms with Crippen molar-refractivity contribution in [3.05, 3.63) is 87.9 Å². The summed E-state index contributed by atoms with van der Waals surface area (Å²) < 4.78 is 68.4. The molecular weight excluding hydrogens is 513 g/mol. The third-order valence-electron chi connectivity index (χ3n) is 5.70. The third-order valence-corrected chi connectivity index (χ3v) is 7.82. The van der Waals surface area contributed by atoms with E-state index in [9.17, 15) is 26.4 Å². The number of rotatable bonds is 8. The molecule has 3 aromatic rings. The van der Waals surface area contributed by atoms with E-state index in [0.717, 1.165) is 28.8 Å². The molecule has 0 aromatic heterocycles. The van der Waals surface area contributed by atoms with Crippen molar-refractivity contribution in [2.45, 2.75) is 44.7 Å². The Bertz CT molecular complexity index is 1340. The van der Waals surface area contributed by atoms with Gasteiger partial charge in [0.05, 0.1) is 21.2 Å². The fraction of sp³-hybridized carbons (Fsp3) is 0.269. The summed E-state index contributed by atoms with van der Waals surface area (Å²) in [6.45, 7) is 4.87. The first-order chi connectivity index (χ1) is 16.9. The molecule has 0 saturated carbocycles. The quantitative estimate of drug-likeness (QED) is 0.350. The highest BCUT2D eigenvalue weighted by atomic mass is 35.5. The van der Waals surface area contributed by atoms with Crippen molar-refractivity contribution in [3.8, 4) is 0 Å². The van der Waals surface area contributed by atoms with Crippen molar-refractivity contribution in [2.24, 2.45) is 0 Å². The maximum atomic E-state index is 13.6. The Labute approximate surface area is 213 Å². The molecule has 0 aliphatic heterocycles. The van der Waals surface area contributed by atoms with E-state index < -0.39 is 39.2 Å². The summed E-state index contributed by atoms with van der Waals surface area (Å²) in [5.41, 5.74) is 1.57. The van der Waals surface area contributed by atoms with Gasteiger partial charge >= 0.3 is 6.18 Å². The Hall–Kier alpha value is -3.04. The number of nitrogens with zero attached hydrogens (tertiary/aromatic N) is 1. The molecule has 0 bridgehead atoms. The zero-order valence-electron chi connectivity index (χ0n) is 20.0.